The molecule has 0 saturated heterocycles. The molecule has 0 unspecified atom stereocenters. The molecule has 0 spiro atoms. The molecule has 0 radical (unpaired) electrons. The lowest BCUT2D eigenvalue weighted by Crippen LogP contribution is -2.38. The number of halogens is 1. The molecule has 0 saturated carbocycles. The molecule has 0 amide bonds. The van der Waals surface area contributed by atoms with Crippen LogP contribution < -0.4 is 14.8 Å². The highest BCUT2D eigenvalue weighted by atomic mass is 35.5. The molecule has 1 heterocycles. The number of allylic oxidation sites excluding steroid dienone is 3. The number of rotatable bonds is 7. The van der Waals surface area contributed by atoms with Crippen molar-refractivity contribution in [3.8, 4) is 11.5 Å². The van der Waals surface area contributed by atoms with Gasteiger partial charge in [0.15, 0.2) is 17.3 Å². The Bertz CT molecular complexity index is 1260. The van der Waals surface area contributed by atoms with Gasteiger partial charge in [-0.1, -0.05) is 49.7 Å². The van der Waals surface area contributed by atoms with Crippen LogP contribution in [0.3, 0.4) is 0 Å². The number of Topliss-reactive ketones (excluding diaryl/α,β-unsaturated/α-hetero) is 1. The van der Waals surface area contributed by atoms with Gasteiger partial charge in [0.1, 0.15) is 6.61 Å². The van der Waals surface area contributed by atoms with E-state index in [1.807, 2.05) is 49.4 Å². The van der Waals surface area contributed by atoms with Gasteiger partial charge in [-0.25, -0.2) is 4.79 Å². The zero-order valence-electron chi connectivity index (χ0n) is 21.4. The van der Waals surface area contributed by atoms with Crippen molar-refractivity contribution in [2.75, 3.05) is 13.7 Å². The van der Waals surface area contributed by atoms with E-state index in [1.165, 1.54) is 0 Å². The molecule has 1 atom stereocenters. The van der Waals surface area contributed by atoms with Crippen molar-refractivity contribution in [2.45, 2.75) is 53.1 Å². The number of dihydropyridines is 1. The van der Waals surface area contributed by atoms with E-state index >= 15 is 0 Å². The summed E-state index contributed by atoms with van der Waals surface area (Å²) in [5.41, 5.74) is 4.08. The second kappa shape index (κ2) is 10.4. The Morgan fingerprint density at radius 1 is 1.14 bits per heavy atom. The molecule has 0 aromatic heterocycles. The standard InChI is InChI=1S/C29H32ClNO5/c1-6-35-28(33)25-17(2)31-21-14-29(3,4)15-22(32)27(21)26(25)18-11-12-23(24(13-18)34-5)36-16-19-9-7-8-10-20(19)30/h7-13,26,31H,6,14-16H2,1-5H3/t26-/m0/s1. The lowest BCUT2D eigenvalue weighted by molar-refractivity contribution is -0.138. The first-order valence-corrected chi connectivity index (χ1v) is 12.5. The van der Waals surface area contributed by atoms with Gasteiger partial charge in [0.25, 0.3) is 0 Å². The summed E-state index contributed by atoms with van der Waals surface area (Å²) in [6, 6.07) is 13.0. The molecule has 0 bridgehead atoms. The summed E-state index contributed by atoms with van der Waals surface area (Å²) in [6.07, 6.45) is 1.13. The fraction of sp³-hybridized carbons (Fsp3) is 0.379. The lowest BCUT2D eigenvalue weighted by atomic mass is 9.68. The molecule has 1 aliphatic carbocycles. The van der Waals surface area contributed by atoms with Gasteiger partial charge in [-0.2, -0.15) is 0 Å². The van der Waals surface area contributed by atoms with Crippen LogP contribution >= 0.6 is 11.6 Å². The minimum absolute atomic E-state index is 0.0334. The normalized spacial score (nSPS) is 18.9. The molecule has 1 N–H and O–H groups in total. The maximum atomic E-state index is 13.4. The molecule has 7 heteroatoms. The molecule has 2 aliphatic rings. The molecule has 0 fully saturated rings. The molecule has 1 aliphatic heterocycles. The molecular weight excluding hydrogens is 478 g/mol. The second-order valence-electron chi connectivity index (χ2n) is 9.94. The Morgan fingerprint density at radius 3 is 2.58 bits per heavy atom. The number of nitrogens with one attached hydrogen (secondary N) is 1. The van der Waals surface area contributed by atoms with E-state index in [4.69, 9.17) is 25.8 Å². The van der Waals surface area contributed by atoms with Crippen LogP contribution in [-0.2, 0) is 20.9 Å². The second-order valence-corrected chi connectivity index (χ2v) is 10.3. The van der Waals surface area contributed by atoms with Crippen LogP contribution in [0.2, 0.25) is 5.02 Å². The molecule has 4 rings (SSSR count). The van der Waals surface area contributed by atoms with E-state index in [2.05, 4.69) is 19.2 Å². The summed E-state index contributed by atoms with van der Waals surface area (Å²) in [7, 11) is 1.57. The smallest absolute Gasteiger partial charge is 0.336 e. The van der Waals surface area contributed by atoms with Gasteiger partial charge >= 0.3 is 5.97 Å². The Labute approximate surface area is 217 Å². The fourth-order valence-corrected chi connectivity index (χ4v) is 5.19. The quantitative estimate of drug-likeness (QED) is 0.455. The number of esters is 1. The topological polar surface area (TPSA) is 73.9 Å². The summed E-state index contributed by atoms with van der Waals surface area (Å²) in [5.74, 6) is 0.0830. The number of ketones is 1. The minimum Gasteiger partial charge on any atom is -0.493 e. The van der Waals surface area contributed by atoms with Crippen LogP contribution in [-0.4, -0.2) is 25.5 Å². The highest BCUT2D eigenvalue weighted by molar-refractivity contribution is 6.31. The van der Waals surface area contributed by atoms with Gasteiger partial charge in [0.05, 0.1) is 19.3 Å². The Balaban J connectivity index is 1.75. The summed E-state index contributed by atoms with van der Waals surface area (Å²) >= 11 is 6.27. The first-order valence-electron chi connectivity index (χ1n) is 12.1. The van der Waals surface area contributed by atoms with E-state index in [1.54, 1.807) is 14.0 Å². The van der Waals surface area contributed by atoms with Crippen molar-refractivity contribution >= 4 is 23.4 Å². The molecule has 190 valence electrons. The van der Waals surface area contributed by atoms with Crippen LogP contribution in [0.4, 0.5) is 0 Å². The predicted octanol–water partition coefficient (Wildman–Crippen LogP) is 6.09. The third-order valence-electron chi connectivity index (χ3n) is 6.60. The third-order valence-corrected chi connectivity index (χ3v) is 6.97. The molecular formula is C29H32ClNO5. The molecule has 2 aromatic carbocycles. The fourth-order valence-electron chi connectivity index (χ4n) is 5.00. The van der Waals surface area contributed by atoms with Crippen molar-refractivity contribution in [3.05, 3.63) is 81.2 Å². The van der Waals surface area contributed by atoms with Crippen LogP contribution in [0.15, 0.2) is 65.0 Å². The SMILES string of the molecule is CCOC(=O)C1=C(C)NC2=C(C(=O)CC(C)(C)C2)[C@H]1c1ccc(OCc2ccccc2Cl)c(OC)c1. The summed E-state index contributed by atoms with van der Waals surface area (Å²) in [4.78, 5) is 26.5. The number of benzene rings is 2. The number of hydrogen-bond donors (Lipinski definition) is 1. The van der Waals surface area contributed by atoms with E-state index in [0.717, 1.165) is 16.8 Å². The zero-order valence-corrected chi connectivity index (χ0v) is 22.1. The van der Waals surface area contributed by atoms with Crippen LogP contribution in [0, 0.1) is 5.41 Å². The van der Waals surface area contributed by atoms with Gasteiger partial charge in [-0.05, 0) is 49.4 Å². The Kier molecular flexibility index (Phi) is 7.46. The third kappa shape index (κ3) is 5.14. The summed E-state index contributed by atoms with van der Waals surface area (Å²) in [5, 5.41) is 3.97. The highest BCUT2D eigenvalue weighted by Crippen LogP contribution is 2.48. The summed E-state index contributed by atoms with van der Waals surface area (Å²) < 4.78 is 17.1. The molecule has 36 heavy (non-hydrogen) atoms. The Hall–Kier alpha value is -3.25. The van der Waals surface area contributed by atoms with Gasteiger partial charge in [-0.15, -0.1) is 0 Å². The van der Waals surface area contributed by atoms with Crippen molar-refractivity contribution in [3.63, 3.8) is 0 Å². The maximum absolute atomic E-state index is 13.4. The highest BCUT2D eigenvalue weighted by Gasteiger charge is 2.43. The first kappa shape index (κ1) is 25.8. The first-order chi connectivity index (χ1) is 17.1. The molecule has 2 aromatic rings. The lowest BCUT2D eigenvalue weighted by Gasteiger charge is -2.39. The number of carbonyl (C=O) groups is 2. The Morgan fingerprint density at radius 2 is 1.89 bits per heavy atom. The van der Waals surface area contributed by atoms with Gasteiger partial charge in [-0.3, -0.25) is 4.79 Å². The van der Waals surface area contributed by atoms with Gasteiger partial charge in [0.2, 0.25) is 0 Å². The van der Waals surface area contributed by atoms with Crippen molar-refractivity contribution in [2.24, 2.45) is 5.41 Å². The summed E-state index contributed by atoms with van der Waals surface area (Å²) in [6.45, 7) is 8.31. The number of carbonyl (C=O) groups excluding carboxylic acids is 2. The van der Waals surface area contributed by atoms with Crippen LogP contribution in [0.25, 0.3) is 0 Å². The van der Waals surface area contributed by atoms with Crippen molar-refractivity contribution in [1.29, 1.82) is 0 Å². The van der Waals surface area contributed by atoms with Gasteiger partial charge < -0.3 is 19.5 Å². The number of methoxy groups -OCH3 is 1. The predicted molar refractivity (Wildman–Crippen MR) is 139 cm³/mol. The number of hydrogen-bond acceptors (Lipinski definition) is 6. The van der Waals surface area contributed by atoms with E-state index in [0.29, 0.717) is 46.2 Å². The molecule has 6 nitrogen and oxygen atoms in total. The van der Waals surface area contributed by atoms with Crippen molar-refractivity contribution in [1.82, 2.24) is 5.32 Å². The number of ether oxygens (including phenoxy) is 3. The monoisotopic (exact) mass is 509 g/mol. The minimum atomic E-state index is -0.560. The van der Waals surface area contributed by atoms with Crippen molar-refractivity contribution < 1.29 is 23.8 Å². The maximum Gasteiger partial charge on any atom is 0.336 e. The van der Waals surface area contributed by atoms with E-state index < -0.39 is 11.9 Å². The van der Waals surface area contributed by atoms with E-state index in [-0.39, 0.29) is 24.4 Å². The van der Waals surface area contributed by atoms with E-state index in [9.17, 15) is 9.59 Å². The largest absolute Gasteiger partial charge is 0.493 e. The average Bonchev–Trinajstić information content (AvgIpc) is 2.82. The van der Waals surface area contributed by atoms with Crippen LogP contribution in [0.1, 0.15) is 57.6 Å². The average molecular weight is 510 g/mol. The van der Waals surface area contributed by atoms with Gasteiger partial charge in [0, 0.05) is 39.9 Å². The van der Waals surface area contributed by atoms with Crippen LogP contribution in [0.5, 0.6) is 11.5 Å². The zero-order chi connectivity index (χ0) is 26.0.